The number of nitrogens with zero attached hydrogens (tertiary/aromatic N) is 2. The standard InChI is InChI=1S/C16H19N3O2/c20-16(21)13-6-4-12(5-7-13)11-19-8-2-1-3-15(19)14-9-17-18-10-14/h4-7,9-10,15H,1-3,8,11H2,(H,17,18)(H,20,21). The Labute approximate surface area is 123 Å². The van der Waals surface area contributed by atoms with E-state index < -0.39 is 5.97 Å². The molecule has 0 saturated carbocycles. The van der Waals surface area contributed by atoms with Gasteiger partial charge in [0.25, 0.3) is 0 Å². The summed E-state index contributed by atoms with van der Waals surface area (Å²) >= 11 is 0. The minimum Gasteiger partial charge on any atom is -0.478 e. The van der Waals surface area contributed by atoms with Crippen molar-refractivity contribution in [2.45, 2.75) is 31.8 Å². The Hall–Kier alpha value is -2.14. The Morgan fingerprint density at radius 2 is 2.14 bits per heavy atom. The first-order valence-corrected chi connectivity index (χ1v) is 7.29. The molecular weight excluding hydrogens is 266 g/mol. The molecule has 1 unspecified atom stereocenters. The summed E-state index contributed by atoms with van der Waals surface area (Å²) in [5.74, 6) is -0.879. The Kier molecular flexibility index (Phi) is 4.01. The third kappa shape index (κ3) is 3.13. The first-order valence-electron chi connectivity index (χ1n) is 7.29. The zero-order valence-corrected chi connectivity index (χ0v) is 11.8. The van der Waals surface area contributed by atoms with Crippen LogP contribution >= 0.6 is 0 Å². The van der Waals surface area contributed by atoms with Gasteiger partial charge in [-0.1, -0.05) is 18.6 Å². The highest BCUT2D eigenvalue weighted by Gasteiger charge is 2.24. The van der Waals surface area contributed by atoms with E-state index in [0.29, 0.717) is 11.6 Å². The van der Waals surface area contributed by atoms with E-state index in [0.717, 1.165) is 25.1 Å². The molecule has 5 nitrogen and oxygen atoms in total. The quantitative estimate of drug-likeness (QED) is 0.906. The van der Waals surface area contributed by atoms with Crippen molar-refractivity contribution in [2.24, 2.45) is 0 Å². The van der Waals surface area contributed by atoms with Gasteiger partial charge in [0.1, 0.15) is 0 Å². The van der Waals surface area contributed by atoms with Crippen molar-refractivity contribution in [1.29, 1.82) is 0 Å². The van der Waals surface area contributed by atoms with Gasteiger partial charge in [0, 0.05) is 24.3 Å². The number of hydrogen-bond donors (Lipinski definition) is 2. The molecule has 1 aromatic heterocycles. The van der Waals surface area contributed by atoms with Crippen LogP contribution in [0.4, 0.5) is 0 Å². The van der Waals surface area contributed by atoms with Crippen molar-refractivity contribution >= 4 is 5.97 Å². The first-order chi connectivity index (χ1) is 10.2. The van der Waals surface area contributed by atoms with E-state index in [1.807, 2.05) is 24.5 Å². The molecule has 1 saturated heterocycles. The molecule has 2 heterocycles. The van der Waals surface area contributed by atoms with Crippen molar-refractivity contribution in [1.82, 2.24) is 15.1 Å². The van der Waals surface area contributed by atoms with E-state index in [4.69, 9.17) is 5.11 Å². The van der Waals surface area contributed by atoms with Gasteiger partial charge in [-0.05, 0) is 37.1 Å². The molecule has 0 bridgehead atoms. The number of rotatable bonds is 4. The lowest BCUT2D eigenvalue weighted by Crippen LogP contribution is -2.32. The van der Waals surface area contributed by atoms with Crippen LogP contribution in [-0.2, 0) is 6.54 Å². The van der Waals surface area contributed by atoms with Gasteiger partial charge in [-0.25, -0.2) is 4.79 Å². The molecule has 0 amide bonds. The van der Waals surface area contributed by atoms with E-state index >= 15 is 0 Å². The lowest BCUT2D eigenvalue weighted by atomic mass is 9.96. The number of carbonyl (C=O) groups is 1. The number of H-pyrrole nitrogens is 1. The van der Waals surface area contributed by atoms with Gasteiger partial charge in [0.2, 0.25) is 0 Å². The summed E-state index contributed by atoms with van der Waals surface area (Å²) in [6.07, 6.45) is 7.46. The molecule has 21 heavy (non-hydrogen) atoms. The van der Waals surface area contributed by atoms with Gasteiger partial charge in [-0.3, -0.25) is 10.00 Å². The maximum absolute atomic E-state index is 10.9. The molecule has 3 rings (SSSR count). The summed E-state index contributed by atoms with van der Waals surface area (Å²) in [7, 11) is 0. The summed E-state index contributed by atoms with van der Waals surface area (Å²) in [5.41, 5.74) is 2.72. The fraction of sp³-hybridized carbons (Fsp3) is 0.375. The van der Waals surface area contributed by atoms with E-state index in [2.05, 4.69) is 15.1 Å². The van der Waals surface area contributed by atoms with Crippen LogP contribution in [0.5, 0.6) is 0 Å². The van der Waals surface area contributed by atoms with Crippen molar-refractivity contribution in [3.05, 3.63) is 53.3 Å². The van der Waals surface area contributed by atoms with Gasteiger partial charge < -0.3 is 5.11 Å². The van der Waals surface area contributed by atoms with Crippen LogP contribution in [-0.4, -0.2) is 32.7 Å². The first kappa shape index (κ1) is 13.8. The number of piperidine rings is 1. The molecule has 0 radical (unpaired) electrons. The van der Waals surface area contributed by atoms with Gasteiger partial charge in [-0.15, -0.1) is 0 Å². The average Bonchev–Trinajstić information content (AvgIpc) is 3.02. The topological polar surface area (TPSA) is 69.2 Å². The maximum atomic E-state index is 10.9. The zero-order valence-electron chi connectivity index (χ0n) is 11.8. The molecule has 1 fully saturated rings. The highest BCUT2D eigenvalue weighted by atomic mass is 16.4. The van der Waals surface area contributed by atoms with E-state index in [1.54, 1.807) is 12.1 Å². The van der Waals surface area contributed by atoms with Crippen LogP contribution < -0.4 is 0 Å². The van der Waals surface area contributed by atoms with Gasteiger partial charge in [-0.2, -0.15) is 5.10 Å². The summed E-state index contributed by atoms with van der Waals surface area (Å²) in [4.78, 5) is 13.3. The normalized spacial score (nSPS) is 19.5. The van der Waals surface area contributed by atoms with Crippen molar-refractivity contribution < 1.29 is 9.90 Å². The Balaban J connectivity index is 1.74. The Bertz CT molecular complexity index is 592. The number of aromatic carboxylic acids is 1. The van der Waals surface area contributed by atoms with Crippen molar-refractivity contribution in [3.63, 3.8) is 0 Å². The van der Waals surface area contributed by atoms with Gasteiger partial charge in [0.05, 0.1) is 11.8 Å². The molecule has 1 atom stereocenters. The van der Waals surface area contributed by atoms with Crippen molar-refractivity contribution in [2.75, 3.05) is 6.54 Å². The van der Waals surface area contributed by atoms with Crippen LogP contribution in [0.15, 0.2) is 36.7 Å². The van der Waals surface area contributed by atoms with E-state index in [9.17, 15) is 4.79 Å². The smallest absolute Gasteiger partial charge is 0.335 e. The summed E-state index contributed by atoms with van der Waals surface area (Å²) in [6, 6.07) is 7.56. The third-order valence-corrected chi connectivity index (χ3v) is 4.10. The molecule has 1 aliphatic heterocycles. The molecule has 0 aliphatic carbocycles. The Morgan fingerprint density at radius 1 is 1.33 bits per heavy atom. The molecule has 2 N–H and O–H groups in total. The number of carboxylic acids is 1. The maximum Gasteiger partial charge on any atom is 0.335 e. The van der Waals surface area contributed by atoms with Crippen molar-refractivity contribution in [3.8, 4) is 0 Å². The monoisotopic (exact) mass is 285 g/mol. The molecular formula is C16H19N3O2. The van der Waals surface area contributed by atoms with Crippen LogP contribution in [0.2, 0.25) is 0 Å². The largest absolute Gasteiger partial charge is 0.478 e. The molecule has 5 heteroatoms. The average molecular weight is 285 g/mol. The number of nitrogens with one attached hydrogen (secondary N) is 1. The zero-order chi connectivity index (χ0) is 14.7. The van der Waals surface area contributed by atoms with E-state index in [-0.39, 0.29) is 0 Å². The number of benzene rings is 1. The number of hydrogen-bond acceptors (Lipinski definition) is 3. The predicted octanol–water partition coefficient (Wildman–Crippen LogP) is 2.84. The third-order valence-electron chi connectivity index (χ3n) is 4.10. The highest BCUT2D eigenvalue weighted by molar-refractivity contribution is 5.87. The molecule has 1 aliphatic rings. The second kappa shape index (κ2) is 6.10. The van der Waals surface area contributed by atoms with Gasteiger partial charge in [0.15, 0.2) is 0 Å². The second-order valence-electron chi connectivity index (χ2n) is 5.52. The molecule has 1 aromatic carbocycles. The van der Waals surface area contributed by atoms with Crippen LogP contribution in [0.3, 0.4) is 0 Å². The number of aromatic amines is 1. The number of likely N-dealkylation sites (tertiary alicyclic amines) is 1. The molecule has 110 valence electrons. The summed E-state index contributed by atoms with van der Waals surface area (Å²) in [5, 5.41) is 15.9. The lowest BCUT2D eigenvalue weighted by molar-refractivity contribution is 0.0697. The number of aromatic nitrogens is 2. The Morgan fingerprint density at radius 3 is 2.81 bits per heavy atom. The number of carboxylic acid groups (broad SMARTS) is 1. The summed E-state index contributed by atoms with van der Waals surface area (Å²) < 4.78 is 0. The fourth-order valence-electron chi connectivity index (χ4n) is 2.99. The lowest BCUT2D eigenvalue weighted by Gasteiger charge is -2.35. The highest BCUT2D eigenvalue weighted by Crippen LogP contribution is 2.31. The van der Waals surface area contributed by atoms with Crippen LogP contribution in [0.25, 0.3) is 0 Å². The second-order valence-corrected chi connectivity index (χ2v) is 5.52. The molecule has 2 aromatic rings. The fourth-order valence-corrected chi connectivity index (χ4v) is 2.99. The minimum absolute atomic E-state index is 0.337. The van der Waals surface area contributed by atoms with Crippen LogP contribution in [0.1, 0.15) is 46.8 Å². The predicted molar refractivity (Wildman–Crippen MR) is 79.0 cm³/mol. The van der Waals surface area contributed by atoms with E-state index in [1.165, 1.54) is 18.4 Å². The SMILES string of the molecule is O=C(O)c1ccc(CN2CCCCC2c2cn[nH]c2)cc1. The minimum atomic E-state index is -0.879. The van der Waals surface area contributed by atoms with Crippen LogP contribution in [0, 0.1) is 0 Å². The van der Waals surface area contributed by atoms with Gasteiger partial charge >= 0.3 is 5.97 Å². The summed E-state index contributed by atoms with van der Waals surface area (Å²) in [6.45, 7) is 1.91. The molecule has 0 spiro atoms.